The Morgan fingerprint density at radius 2 is 2.07 bits per heavy atom. The Labute approximate surface area is 77.9 Å². The normalized spacial score (nSPS) is 20.9. The molecule has 0 bridgehead atoms. The number of hydrogen-bond acceptors (Lipinski definition) is 2. The van der Waals surface area contributed by atoms with Crippen LogP contribution in [0.15, 0.2) is 18.2 Å². The van der Waals surface area contributed by atoms with Gasteiger partial charge in [-0.25, -0.2) is 0 Å². The van der Waals surface area contributed by atoms with E-state index in [1.807, 2.05) is 0 Å². The van der Waals surface area contributed by atoms with Crippen LogP contribution in [0.2, 0.25) is 0 Å². The lowest BCUT2D eigenvalue weighted by molar-refractivity contribution is -0.219. The van der Waals surface area contributed by atoms with Crippen LogP contribution in [0.4, 0.5) is 13.2 Å². The first kappa shape index (κ1) is 9.33. The van der Waals surface area contributed by atoms with E-state index in [-0.39, 0.29) is 17.9 Å². The van der Waals surface area contributed by atoms with Crippen molar-refractivity contribution < 1.29 is 23.0 Å². The maximum absolute atomic E-state index is 12.4. The van der Waals surface area contributed by atoms with Gasteiger partial charge in [-0.2, -0.15) is 13.2 Å². The van der Waals surface area contributed by atoms with Crippen molar-refractivity contribution in [3.63, 3.8) is 0 Å². The van der Waals surface area contributed by atoms with Gasteiger partial charge in [-0.05, 0) is 23.3 Å². The molecule has 0 amide bonds. The van der Waals surface area contributed by atoms with Crippen molar-refractivity contribution in [2.75, 3.05) is 0 Å². The first-order valence-electron chi connectivity index (χ1n) is 3.98. The summed E-state index contributed by atoms with van der Waals surface area (Å²) in [5.41, 5.74) is 0.489. The van der Waals surface area contributed by atoms with Gasteiger partial charge in [0.15, 0.2) is 6.10 Å². The Morgan fingerprint density at radius 1 is 1.36 bits per heavy atom. The minimum Gasteiger partial charge on any atom is -0.508 e. The number of fused-ring (bicyclic) bond motifs is 1. The van der Waals surface area contributed by atoms with E-state index in [1.165, 1.54) is 12.1 Å². The van der Waals surface area contributed by atoms with E-state index in [1.54, 1.807) is 0 Å². The predicted octanol–water partition coefficient (Wildman–Crippen LogP) is 2.53. The number of halogens is 3. The molecule has 0 aliphatic carbocycles. The molecule has 0 fully saturated rings. The van der Waals surface area contributed by atoms with E-state index in [0.29, 0.717) is 5.56 Å². The van der Waals surface area contributed by atoms with E-state index in [2.05, 4.69) is 4.74 Å². The molecule has 1 aliphatic rings. The molecule has 1 aromatic rings. The fraction of sp³-hybridized carbons (Fsp3) is 0.333. The summed E-state index contributed by atoms with van der Waals surface area (Å²) in [6.45, 7) is -0.0558. The first-order valence-corrected chi connectivity index (χ1v) is 3.98. The molecule has 1 unspecified atom stereocenters. The van der Waals surface area contributed by atoms with Gasteiger partial charge in [-0.3, -0.25) is 0 Å². The van der Waals surface area contributed by atoms with E-state index in [9.17, 15) is 13.2 Å². The monoisotopic (exact) mass is 204 g/mol. The lowest BCUT2D eigenvalue weighted by Gasteiger charge is -2.14. The molecule has 0 aromatic heterocycles. The highest BCUT2D eigenvalue weighted by atomic mass is 19.4. The third kappa shape index (κ3) is 1.43. The number of alkyl halides is 3. The van der Waals surface area contributed by atoms with Gasteiger partial charge < -0.3 is 9.84 Å². The number of rotatable bonds is 0. The zero-order valence-corrected chi connectivity index (χ0v) is 7.01. The molecular weight excluding hydrogens is 197 g/mol. The molecule has 1 atom stereocenters. The van der Waals surface area contributed by atoms with Crippen molar-refractivity contribution in [2.45, 2.75) is 18.9 Å². The molecule has 1 aliphatic heterocycles. The maximum atomic E-state index is 12.4. The molecule has 5 heteroatoms. The number of hydrogen-bond donors (Lipinski definition) is 1. The van der Waals surface area contributed by atoms with Crippen molar-refractivity contribution in [2.24, 2.45) is 0 Å². The van der Waals surface area contributed by atoms with Crippen LogP contribution in [-0.2, 0) is 11.3 Å². The number of ether oxygens (including phenoxy) is 1. The van der Waals surface area contributed by atoms with Crippen LogP contribution in [0.5, 0.6) is 5.75 Å². The van der Waals surface area contributed by atoms with Crippen LogP contribution in [0, 0.1) is 0 Å². The number of benzene rings is 1. The van der Waals surface area contributed by atoms with Crippen molar-refractivity contribution in [3.05, 3.63) is 29.3 Å². The highest BCUT2D eigenvalue weighted by molar-refractivity contribution is 5.38. The number of phenols is 1. The van der Waals surface area contributed by atoms with Gasteiger partial charge in [0.2, 0.25) is 0 Å². The van der Waals surface area contributed by atoms with Crippen LogP contribution in [0.25, 0.3) is 0 Å². The summed E-state index contributed by atoms with van der Waals surface area (Å²) in [7, 11) is 0. The Kier molecular flexibility index (Phi) is 1.92. The van der Waals surface area contributed by atoms with Gasteiger partial charge >= 0.3 is 6.18 Å². The molecule has 76 valence electrons. The summed E-state index contributed by atoms with van der Waals surface area (Å²) < 4.78 is 41.7. The molecule has 0 spiro atoms. The van der Waals surface area contributed by atoms with Crippen LogP contribution in [0.3, 0.4) is 0 Å². The summed E-state index contributed by atoms with van der Waals surface area (Å²) in [4.78, 5) is 0. The van der Waals surface area contributed by atoms with Crippen molar-refractivity contribution in [1.29, 1.82) is 0 Å². The van der Waals surface area contributed by atoms with Crippen LogP contribution >= 0.6 is 0 Å². The molecule has 1 N–H and O–H groups in total. The third-order valence-electron chi connectivity index (χ3n) is 2.11. The summed E-state index contributed by atoms with van der Waals surface area (Å²) in [6, 6.07) is 3.89. The van der Waals surface area contributed by atoms with Gasteiger partial charge in [0.1, 0.15) is 5.75 Å². The molecule has 2 rings (SSSR count). The maximum Gasteiger partial charge on any atom is 0.418 e. The minimum atomic E-state index is -4.42. The fourth-order valence-electron chi connectivity index (χ4n) is 1.49. The average Bonchev–Trinajstić information content (AvgIpc) is 2.45. The highest BCUT2D eigenvalue weighted by Crippen LogP contribution is 2.43. The second kappa shape index (κ2) is 2.88. The lowest BCUT2D eigenvalue weighted by Crippen LogP contribution is -2.19. The second-order valence-electron chi connectivity index (χ2n) is 3.12. The summed E-state index contributed by atoms with van der Waals surface area (Å²) >= 11 is 0. The van der Waals surface area contributed by atoms with Crippen molar-refractivity contribution >= 4 is 0 Å². The average molecular weight is 204 g/mol. The molecule has 2 nitrogen and oxygen atoms in total. The second-order valence-corrected chi connectivity index (χ2v) is 3.12. The number of aromatic hydroxyl groups is 1. The van der Waals surface area contributed by atoms with E-state index in [4.69, 9.17) is 5.11 Å². The zero-order valence-electron chi connectivity index (χ0n) is 7.01. The molecule has 1 aromatic carbocycles. The van der Waals surface area contributed by atoms with Gasteiger partial charge in [0, 0.05) is 0 Å². The quantitative estimate of drug-likeness (QED) is 0.703. The van der Waals surface area contributed by atoms with Gasteiger partial charge in [0.05, 0.1) is 6.61 Å². The third-order valence-corrected chi connectivity index (χ3v) is 2.11. The Balaban J connectivity index is 2.43. The number of phenolic OH excluding ortho intramolecular Hbond substituents is 1. The van der Waals surface area contributed by atoms with Crippen LogP contribution in [0.1, 0.15) is 17.2 Å². The minimum absolute atomic E-state index is 0.0116. The van der Waals surface area contributed by atoms with Crippen molar-refractivity contribution in [1.82, 2.24) is 0 Å². The molecule has 0 radical (unpaired) electrons. The highest BCUT2D eigenvalue weighted by Gasteiger charge is 2.45. The zero-order chi connectivity index (χ0) is 10.3. The smallest absolute Gasteiger partial charge is 0.418 e. The van der Waals surface area contributed by atoms with Crippen LogP contribution < -0.4 is 0 Å². The SMILES string of the molecule is Oc1ccc2c(c1)C(C(F)(F)F)OC2. The fourth-order valence-corrected chi connectivity index (χ4v) is 1.49. The van der Waals surface area contributed by atoms with E-state index < -0.39 is 12.3 Å². The van der Waals surface area contributed by atoms with Gasteiger partial charge in [-0.15, -0.1) is 0 Å². The van der Waals surface area contributed by atoms with Gasteiger partial charge in [0.25, 0.3) is 0 Å². The van der Waals surface area contributed by atoms with E-state index in [0.717, 1.165) is 6.07 Å². The summed E-state index contributed by atoms with van der Waals surface area (Å²) in [5, 5.41) is 9.06. The molecule has 0 saturated carbocycles. The molecular formula is C9H7F3O2. The standard InChI is InChI=1S/C9H7F3O2/c10-9(11,12)8-7-3-6(13)2-1-5(7)4-14-8/h1-3,8,13H,4H2. The Hall–Kier alpha value is -1.23. The van der Waals surface area contributed by atoms with Crippen LogP contribution in [-0.4, -0.2) is 11.3 Å². The summed E-state index contributed by atoms with van der Waals surface area (Å²) in [5.74, 6) is -0.177. The summed E-state index contributed by atoms with van der Waals surface area (Å²) in [6.07, 6.45) is -6.32. The lowest BCUT2D eigenvalue weighted by atomic mass is 10.0. The molecule has 14 heavy (non-hydrogen) atoms. The van der Waals surface area contributed by atoms with Crippen molar-refractivity contribution in [3.8, 4) is 5.75 Å². The van der Waals surface area contributed by atoms with Gasteiger partial charge in [-0.1, -0.05) is 6.07 Å². The first-order chi connectivity index (χ1) is 6.48. The largest absolute Gasteiger partial charge is 0.508 e. The molecule has 0 saturated heterocycles. The van der Waals surface area contributed by atoms with E-state index >= 15 is 0 Å². The topological polar surface area (TPSA) is 29.5 Å². The Bertz CT molecular complexity index is 360. The Morgan fingerprint density at radius 3 is 2.71 bits per heavy atom. The predicted molar refractivity (Wildman–Crippen MR) is 41.7 cm³/mol. The molecule has 1 heterocycles.